The van der Waals surface area contributed by atoms with Gasteiger partial charge in [-0.2, -0.15) is 0 Å². The zero-order valence-electron chi connectivity index (χ0n) is 11.5. The van der Waals surface area contributed by atoms with Gasteiger partial charge in [-0.15, -0.1) is 11.3 Å². The Kier molecular flexibility index (Phi) is 4.69. The van der Waals surface area contributed by atoms with E-state index in [1.165, 1.54) is 11.3 Å². The van der Waals surface area contributed by atoms with Crippen LogP contribution < -0.4 is 4.74 Å². The maximum absolute atomic E-state index is 10.7. The molecule has 0 saturated heterocycles. The minimum atomic E-state index is -1.08. The molecule has 3 rings (SSSR count). The van der Waals surface area contributed by atoms with Gasteiger partial charge in [0.2, 0.25) is 0 Å². The van der Waals surface area contributed by atoms with Gasteiger partial charge < -0.3 is 9.84 Å². The fourth-order valence-corrected chi connectivity index (χ4v) is 3.89. The summed E-state index contributed by atoms with van der Waals surface area (Å²) in [6.45, 7) is -0.484. The second-order valence-electron chi connectivity index (χ2n) is 4.72. The van der Waals surface area contributed by atoms with Gasteiger partial charge in [0.15, 0.2) is 6.61 Å². The number of hydrogen-bond donors (Lipinski definition) is 1. The fraction of sp³-hybridized carbons (Fsp3) is 0.0625. The molecule has 7 heteroatoms. The molecule has 3 aromatic rings. The summed E-state index contributed by atoms with van der Waals surface area (Å²) in [5, 5.41) is 12.8. The highest BCUT2D eigenvalue weighted by Gasteiger charge is 2.17. The highest BCUT2D eigenvalue weighted by atomic mass is 35.5. The number of ether oxygens (including phenoxy) is 1. The van der Waals surface area contributed by atoms with Crippen molar-refractivity contribution in [1.82, 2.24) is 0 Å². The molecule has 3 nitrogen and oxygen atoms in total. The highest BCUT2D eigenvalue weighted by Crippen LogP contribution is 2.45. The van der Waals surface area contributed by atoms with Crippen LogP contribution in [-0.4, -0.2) is 17.7 Å². The Labute approximate surface area is 151 Å². The number of carboxylic acid groups (broad SMARTS) is 1. The first-order valence-corrected chi connectivity index (χ1v) is 8.48. The molecule has 2 aromatic carbocycles. The molecule has 23 heavy (non-hydrogen) atoms. The fourth-order valence-electron chi connectivity index (χ4n) is 2.18. The number of rotatable bonds is 4. The molecule has 1 aromatic heterocycles. The van der Waals surface area contributed by atoms with Crippen molar-refractivity contribution in [2.45, 2.75) is 0 Å². The summed E-state index contributed by atoms with van der Waals surface area (Å²) in [5.74, 6) is -0.833. The van der Waals surface area contributed by atoms with Gasteiger partial charge >= 0.3 is 5.97 Å². The van der Waals surface area contributed by atoms with E-state index in [0.29, 0.717) is 10.0 Å². The number of halogens is 3. The lowest BCUT2D eigenvalue weighted by atomic mass is 10.0. The molecule has 0 aliphatic heterocycles. The number of hydrogen-bond acceptors (Lipinski definition) is 3. The van der Waals surface area contributed by atoms with Gasteiger partial charge in [0.25, 0.3) is 0 Å². The predicted octanol–water partition coefficient (Wildman–Crippen LogP) is 5.99. The van der Waals surface area contributed by atoms with Crippen LogP contribution in [0.15, 0.2) is 35.7 Å². The minimum Gasteiger partial charge on any atom is -0.480 e. The van der Waals surface area contributed by atoms with Crippen molar-refractivity contribution in [3.05, 3.63) is 50.8 Å². The van der Waals surface area contributed by atoms with Crippen molar-refractivity contribution in [2.75, 3.05) is 6.61 Å². The molecule has 0 amide bonds. The van der Waals surface area contributed by atoms with E-state index in [-0.39, 0.29) is 10.8 Å². The van der Waals surface area contributed by atoms with Crippen molar-refractivity contribution < 1.29 is 14.6 Å². The second-order valence-corrected chi connectivity index (χ2v) is 6.79. The molecule has 0 atom stereocenters. The Morgan fingerprint density at radius 1 is 1.13 bits per heavy atom. The topological polar surface area (TPSA) is 46.5 Å². The summed E-state index contributed by atoms with van der Waals surface area (Å²) in [5.41, 5.74) is 1.93. The zero-order valence-corrected chi connectivity index (χ0v) is 14.6. The predicted molar refractivity (Wildman–Crippen MR) is 95.4 cm³/mol. The van der Waals surface area contributed by atoms with Crippen LogP contribution in [0.2, 0.25) is 15.1 Å². The first kappa shape index (κ1) is 16.4. The van der Waals surface area contributed by atoms with Gasteiger partial charge in [-0.3, -0.25) is 0 Å². The summed E-state index contributed by atoms with van der Waals surface area (Å²) in [6.07, 6.45) is 0. The monoisotopic (exact) mass is 386 g/mol. The van der Waals surface area contributed by atoms with Crippen molar-refractivity contribution >= 4 is 62.2 Å². The number of carboxylic acids is 1. The van der Waals surface area contributed by atoms with E-state index < -0.39 is 12.6 Å². The number of thiophene rings is 1. The van der Waals surface area contributed by atoms with Crippen LogP contribution in [0.5, 0.6) is 5.75 Å². The van der Waals surface area contributed by atoms with Crippen molar-refractivity contribution in [1.29, 1.82) is 0 Å². The van der Waals surface area contributed by atoms with E-state index in [9.17, 15) is 4.79 Å². The van der Waals surface area contributed by atoms with Crippen LogP contribution in [0.4, 0.5) is 0 Å². The summed E-state index contributed by atoms with van der Waals surface area (Å²) in [6, 6.07) is 9.14. The number of benzene rings is 2. The van der Waals surface area contributed by atoms with Crippen LogP contribution in [0.25, 0.3) is 21.2 Å². The van der Waals surface area contributed by atoms with E-state index >= 15 is 0 Å². The highest BCUT2D eigenvalue weighted by molar-refractivity contribution is 7.18. The normalized spacial score (nSPS) is 10.9. The van der Waals surface area contributed by atoms with Gasteiger partial charge in [0.05, 0.1) is 9.72 Å². The standard InChI is InChI=1S/C16H9Cl3O3S/c17-9-3-1-8(2-4-9)11-7-23-16-10(11)5-12(14(18)15(16)19)22-6-13(20)21/h1-5,7H,6H2,(H,20,21). The summed E-state index contributed by atoms with van der Waals surface area (Å²) in [7, 11) is 0. The molecule has 0 fully saturated rings. The molecule has 0 bridgehead atoms. The summed E-state index contributed by atoms with van der Waals surface area (Å²) in [4.78, 5) is 10.7. The molecule has 0 aliphatic carbocycles. The first-order chi connectivity index (χ1) is 11.0. The minimum absolute atomic E-state index is 0.213. The third-order valence-electron chi connectivity index (χ3n) is 3.22. The van der Waals surface area contributed by atoms with Gasteiger partial charge in [0, 0.05) is 16.0 Å². The maximum Gasteiger partial charge on any atom is 0.341 e. The van der Waals surface area contributed by atoms with Gasteiger partial charge in [-0.1, -0.05) is 46.9 Å². The molecular weight excluding hydrogens is 379 g/mol. The quantitative estimate of drug-likeness (QED) is 0.598. The average Bonchev–Trinajstić information content (AvgIpc) is 2.94. The summed E-state index contributed by atoms with van der Waals surface area (Å²) >= 11 is 19.9. The molecule has 0 aliphatic rings. The number of aliphatic carboxylic acids is 1. The van der Waals surface area contributed by atoms with Crippen molar-refractivity contribution in [3.63, 3.8) is 0 Å². The average molecular weight is 388 g/mol. The molecule has 0 unspecified atom stereocenters. The van der Waals surface area contributed by atoms with E-state index in [2.05, 4.69) is 0 Å². The zero-order chi connectivity index (χ0) is 16.6. The Morgan fingerprint density at radius 2 is 1.83 bits per heavy atom. The maximum atomic E-state index is 10.7. The van der Waals surface area contributed by atoms with E-state index in [0.717, 1.165) is 21.2 Å². The Balaban J connectivity index is 2.14. The Morgan fingerprint density at radius 3 is 2.48 bits per heavy atom. The third-order valence-corrected chi connectivity index (χ3v) is 5.45. The smallest absolute Gasteiger partial charge is 0.341 e. The number of carbonyl (C=O) groups is 1. The lowest BCUT2D eigenvalue weighted by Gasteiger charge is -2.09. The SMILES string of the molecule is O=C(O)COc1cc2c(-c3ccc(Cl)cc3)csc2c(Cl)c1Cl. The lowest BCUT2D eigenvalue weighted by molar-refractivity contribution is -0.139. The van der Waals surface area contributed by atoms with E-state index in [1.54, 1.807) is 18.2 Å². The molecule has 1 heterocycles. The molecular formula is C16H9Cl3O3S. The Bertz CT molecular complexity index is 888. The van der Waals surface area contributed by atoms with Crippen molar-refractivity contribution in [2.24, 2.45) is 0 Å². The molecule has 0 saturated carbocycles. The van der Waals surface area contributed by atoms with Crippen LogP contribution in [0.1, 0.15) is 0 Å². The molecule has 1 N–H and O–H groups in total. The first-order valence-electron chi connectivity index (χ1n) is 6.47. The molecule has 118 valence electrons. The van der Waals surface area contributed by atoms with Gasteiger partial charge in [0.1, 0.15) is 10.8 Å². The van der Waals surface area contributed by atoms with Crippen molar-refractivity contribution in [3.8, 4) is 16.9 Å². The molecule has 0 spiro atoms. The second kappa shape index (κ2) is 6.57. The van der Waals surface area contributed by atoms with Crippen LogP contribution >= 0.6 is 46.1 Å². The van der Waals surface area contributed by atoms with Crippen LogP contribution in [0.3, 0.4) is 0 Å². The third kappa shape index (κ3) is 3.26. The van der Waals surface area contributed by atoms with Crippen LogP contribution in [0, 0.1) is 0 Å². The van der Waals surface area contributed by atoms with E-state index in [4.69, 9.17) is 44.6 Å². The van der Waals surface area contributed by atoms with E-state index in [1.807, 2.05) is 17.5 Å². The van der Waals surface area contributed by atoms with Crippen LogP contribution in [-0.2, 0) is 4.79 Å². The van der Waals surface area contributed by atoms with Gasteiger partial charge in [-0.25, -0.2) is 4.79 Å². The largest absolute Gasteiger partial charge is 0.480 e. The Hall–Kier alpha value is -1.46. The number of fused-ring (bicyclic) bond motifs is 1. The summed E-state index contributed by atoms with van der Waals surface area (Å²) < 4.78 is 6.06. The lowest BCUT2D eigenvalue weighted by Crippen LogP contribution is -2.09. The molecule has 0 radical (unpaired) electrons. The van der Waals surface area contributed by atoms with Gasteiger partial charge in [-0.05, 0) is 29.1 Å².